The van der Waals surface area contributed by atoms with Crippen molar-refractivity contribution < 1.29 is 14.3 Å². The highest BCUT2D eigenvalue weighted by Crippen LogP contribution is 2.44. The van der Waals surface area contributed by atoms with Gasteiger partial charge in [0.2, 0.25) is 5.91 Å². The number of benzene rings is 3. The summed E-state index contributed by atoms with van der Waals surface area (Å²) in [6.07, 6.45) is 0. The van der Waals surface area contributed by atoms with Gasteiger partial charge in [0.15, 0.2) is 0 Å². The van der Waals surface area contributed by atoms with Crippen molar-refractivity contribution in [1.82, 2.24) is 9.47 Å². The van der Waals surface area contributed by atoms with Crippen molar-refractivity contribution in [3.05, 3.63) is 95.2 Å². The van der Waals surface area contributed by atoms with Gasteiger partial charge in [-0.25, -0.2) is 0 Å². The van der Waals surface area contributed by atoms with Gasteiger partial charge in [0.25, 0.3) is 5.91 Å². The fourth-order valence-electron chi connectivity index (χ4n) is 4.97. The van der Waals surface area contributed by atoms with E-state index < -0.39 is 0 Å². The van der Waals surface area contributed by atoms with E-state index in [-0.39, 0.29) is 24.4 Å². The maximum Gasteiger partial charge on any atom is 0.272 e. The number of rotatable bonds is 6. The molecule has 1 aliphatic rings. The number of ether oxygens (including phenoxy) is 1. The molecule has 1 unspecified atom stereocenters. The number of hydrogen-bond acceptors (Lipinski definition) is 3. The minimum atomic E-state index is -0.372. The third-order valence-corrected chi connectivity index (χ3v) is 6.80. The number of carbonyl (C=O) groups is 2. The molecule has 1 aliphatic heterocycles. The zero-order chi connectivity index (χ0) is 24.7. The number of aryl methyl sites for hydroxylation is 1. The van der Waals surface area contributed by atoms with Crippen molar-refractivity contribution in [1.29, 1.82) is 0 Å². The van der Waals surface area contributed by atoms with Crippen LogP contribution < -0.4 is 10.1 Å². The van der Waals surface area contributed by atoms with Gasteiger partial charge in [-0.15, -0.1) is 0 Å². The first-order chi connectivity index (χ1) is 16.9. The van der Waals surface area contributed by atoms with E-state index >= 15 is 0 Å². The van der Waals surface area contributed by atoms with E-state index in [0.29, 0.717) is 11.6 Å². The molecule has 2 amide bonds. The Hall–Kier alpha value is -4.06. The molecular weight excluding hydrogens is 438 g/mol. The first-order valence-corrected chi connectivity index (χ1v) is 11.8. The summed E-state index contributed by atoms with van der Waals surface area (Å²) >= 11 is 0. The monoisotopic (exact) mass is 467 g/mol. The molecule has 5 rings (SSSR count). The van der Waals surface area contributed by atoms with Crippen molar-refractivity contribution in [3.8, 4) is 5.75 Å². The number of nitrogens with one attached hydrogen (secondary N) is 1. The lowest BCUT2D eigenvalue weighted by Crippen LogP contribution is -2.37. The molecule has 1 atom stereocenters. The summed E-state index contributed by atoms with van der Waals surface area (Å²) in [7, 11) is 3.53. The standard InChI is InChI=1S/C29H29N3O3/c1-18(2)19-9-13-21(14-10-19)30-25(33)17-32-27(20-11-15-22(35-4)16-12-20)26-23-7-5-6-8-24(23)31(3)28(26)29(32)34/h5-16,18,27H,17H2,1-4H3,(H,30,33). The molecule has 35 heavy (non-hydrogen) atoms. The van der Waals surface area contributed by atoms with Gasteiger partial charge >= 0.3 is 0 Å². The van der Waals surface area contributed by atoms with Crippen LogP contribution in [-0.2, 0) is 11.8 Å². The molecule has 6 heteroatoms. The number of aromatic nitrogens is 1. The Morgan fingerprint density at radius 3 is 2.34 bits per heavy atom. The van der Waals surface area contributed by atoms with Crippen molar-refractivity contribution in [2.75, 3.05) is 19.0 Å². The highest BCUT2D eigenvalue weighted by atomic mass is 16.5. The normalized spacial score (nSPS) is 15.1. The van der Waals surface area contributed by atoms with E-state index in [4.69, 9.17) is 4.74 Å². The predicted octanol–water partition coefficient (Wildman–Crippen LogP) is 5.49. The number of carbonyl (C=O) groups excluding carboxylic acids is 2. The van der Waals surface area contributed by atoms with Crippen molar-refractivity contribution in [2.24, 2.45) is 7.05 Å². The number of methoxy groups -OCH3 is 1. The number of fused-ring (bicyclic) bond motifs is 3. The van der Waals surface area contributed by atoms with Crippen molar-refractivity contribution in [3.63, 3.8) is 0 Å². The third kappa shape index (κ3) is 3.95. The molecule has 0 radical (unpaired) electrons. The van der Waals surface area contributed by atoms with Crippen LogP contribution in [0.4, 0.5) is 5.69 Å². The predicted molar refractivity (Wildman–Crippen MR) is 138 cm³/mol. The molecular formula is C29H29N3O3. The van der Waals surface area contributed by atoms with Gasteiger partial charge in [0, 0.05) is 29.2 Å². The van der Waals surface area contributed by atoms with Gasteiger partial charge in [-0.2, -0.15) is 0 Å². The number of anilines is 1. The van der Waals surface area contributed by atoms with E-state index in [2.05, 4.69) is 19.2 Å². The number of nitrogens with zero attached hydrogens (tertiary/aromatic N) is 2. The number of amides is 2. The summed E-state index contributed by atoms with van der Waals surface area (Å²) in [5, 5.41) is 3.98. The first kappa shape index (κ1) is 22.7. The smallest absolute Gasteiger partial charge is 0.272 e. The molecule has 6 nitrogen and oxygen atoms in total. The summed E-state index contributed by atoms with van der Waals surface area (Å²) in [5.41, 5.74) is 5.42. The third-order valence-electron chi connectivity index (χ3n) is 6.80. The summed E-state index contributed by atoms with van der Waals surface area (Å²) in [6, 6.07) is 23.2. The van der Waals surface area contributed by atoms with E-state index in [0.717, 1.165) is 33.5 Å². The molecule has 0 aliphatic carbocycles. The van der Waals surface area contributed by atoms with Gasteiger partial charge in [0.05, 0.1) is 13.2 Å². The molecule has 178 valence electrons. The highest BCUT2D eigenvalue weighted by Gasteiger charge is 2.42. The maximum absolute atomic E-state index is 13.7. The number of para-hydroxylation sites is 1. The first-order valence-electron chi connectivity index (χ1n) is 11.8. The highest BCUT2D eigenvalue weighted by molar-refractivity contribution is 6.08. The van der Waals surface area contributed by atoms with Crippen LogP contribution in [-0.4, -0.2) is 34.9 Å². The minimum Gasteiger partial charge on any atom is -0.497 e. The van der Waals surface area contributed by atoms with Crippen molar-refractivity contribution >= 4 is 28.4 Å². The molecule has 4 aromatic rings. The van der Waals surface area contributed by atoms with Crippen LogP contribution in [0.3, 0.4) is 0 Å². The molecule has 2 heterocycles. The minimum absolute atomic E-state index is 0.0511. The SMILES string of the molecule is COc1ccc(C2c3c(n(C)c4ccccc34)C(=O)N2CC(=O)Nc2ccc(C(C)C)cc2)cc1. The Balaban J connectivity index is 1.50. The van der Waals surface area contributed by atoms with Crippen LogP contribution in [0.2, 0.25) is 0 Å². The molecule has 0 bridgehead atoms. The molecule has 0 fully saturated rings. The topological polar surface area (TPSA) is 63.6 Å². The fraction of sp³-hybridized carbons (Fsp3) is 0.241. The van der Waals surface area contributed by atoms with Gasteiger partial charge < -0.3 is 19.5 Å². The lowest BCUT2D eigenvalue weighted by molar-refractivity contribution is -0.117. The summed E-state index contributed by atoms with van der Waals surface area (Å²) in [6.45, 7) is 4.21. The quantitative estimate of drug-likeness (QED) is 0.408. The van der Waals surface area contributed by atoms with Gasteiger partial charge in [-0.1, -0.05) is 56.3 Å². The van der Waals surface area contributed by atoms with E-state index in [1.165, 1.54) is 5.56 Å². The molecule has 1 aromatic heterocycles. The Bertz CT molecular complexity index is 1400. The van der Waals surface area contributed by atoms with Gasteiger partial charge in [-0.3, -0.25) is 9.59 Å². The largest absolute Gasteiger partial charge is 0.497 e. The van der Waals surface area contributed by atoms with E-state index in [9.17, 15) is 9.59 Å². The molecule has 0 saturated carbocycles. The number of hydrogen-bond donors (Lipinski definition) is 1. The van der Waals surface area contributed by atoms with Crippen LogP contribution >= 0.6 is 0 Å². The van der Waals surface area contributed by atoms with Crippen molar-refractivity contribution in [2.45, 2.75) is 25.8 Å². The van der Waals surface area contributed by atoms with E-state index in [1.807, 2.05) is 84.4 Å². The van der Waals surface area contributed by atoms with Crippen LogP contribution in [0.1, 0.15) is 53.0 Å². The second-order valence-corrected chi connectivity index (χ2v) is 9.27. The molecule has 3 aromatic carbocycles. The Kier molecular flexibility index (Phi) is 5.81. The van der Waals surface area contributed by atoms with Crippen LogP contribution in [0, 0.1) is 0 Å². The van der Waals surface area contributed by atoms with Gasteiger partial charge in [0.1, 0.15) is 18.0 Å². The second kappa shape index (κ2) is 8.95. The maximum atomic E-state index is 13.7. The fourth-order valence-corrected chi connectivity index (χ4v) is 4.97. The molecule has 0 spiro atoms. The summed E-state index contributed by atoms with van der Waals surface area (Å²) in [4.78, 5) is 28.5. The lowest BCUT2D eigenvalue weighted by atomic mass is 9.98. The average Bonchev–Trinajstić information content (AvgIpc) is 3.31. The molecule has 1 N–H and O–H groups in total. The zero-order valence-corrected chi connectivity index (χ0v) is 20.4. The lowest BCUT2D eigenvalue weighted by Gasteiger charge is -2.26. The average molecular weight is 468 g/mol. The van der Waals surface area contributed by atoms with Crippen LogP contribution in [0.25, 0.3) is 10.9 Å². The second-order valence-electron chi connectivity index (χ2n) is 9.27. The zero-order valence-electron chi connectivity index (χ0n) is 20.4. The Morgan fingerprint density at radius 2 is 1.69 bits per heavy atom. The summed E-state index contributed by atoms with van der Waals surface area (Å²) in [5.74, 6) is 0.780. The summed E-state index contributed by atoms with van der Waals surface area (Å²) < 4.78 is 7.27. The van der Waals surface area contributed by atoms with Gasteiger partial charge in [-0.05, 0) is 47.4 Å². The van der Waals surface area contributed by atoms with Crippen LogP contribution in [0.5, 0.6) is 5.75 Å². The van der Waals surface area contributed by atoms with E-state index in [1.54, 1.807) is 12.0 Å². The molecule has 0 saturated heterocycles. The van der Waals surface area contributed by atoms with Crippen LogP contribution in [0.15, 0.2) is 72.8 Å². The Morgan fingerprint density at radius 1 is 1.00 bits per heavy atom. The Labute approximate surface area is 205 Å².